The van der Waals surface area contributed by atoms with Crippen molar-refractivity contribution >= 4 is 21.8 Å². The Morgan fingerprint density at radius 1 is 0.703 bits per heavy atom. The lowest BCUT2D eigenvalue weighted by molar-refractivity contribution is -0.686. The van der Waals surface area contributed by atoms with Crippen LogP contribution in [0.15, 0.2) is 87.0 Å². The maximum Gasteiger partial charge on any atom is 0.249 e. The molecule has 0 saturated carbocycles. The van der Waals surface area contributed by atoms with Crippen LogP contribution in [0.2, 0.25) is 0 Å². The lowest BCUT2D eigenvalue weighted by Gasteiger charge is -2.20. The van der Waals surface area contributed by atoms with Crippen LogP contribution in [0.1, 0.15) is 52.7 Å². The average molecular weight is 494 g/mol. The van der Waals surface area contributed by atoms with E-state index in [1.807, 2.05) is 12.2 Å². The number of hydrogen-bond donors (Lipinski definition) is 1. The van der Waals surface area contributed by atoms with E-state index in [1.165, 1.54) is 21.9 Å². The van der Waals surface area contributed by atoms with E-state index in [-0.39, 0.29) is 10.8 Å². The molecule has 5 aromatic rings. The summed E-state index contributed by atoms with van der Waals surface area (Å²) in [5.41, 5.74) is 7.23. The molecule has 2 aromatic carbocycles. The molecular formula is C32H39N5+2. The van der Waals surface area contributed by atoms with E-state index in [4.69, 9.17) is 0 Å². The molecule has 5 heteroatoms. The maximum atomic E-state index is 3.90. The van der Waals surface area contributed by atoms with Gasteiger partial charge in [0.1, 0.15) is 37.9 Å². The first-order valence-electron chi connectivity index (χ1n) is 13.0. The van der Waals surface area contributed by atoms with Crippen molar-refractivity contribution in [2.24, 2.45) is 0 Å². The zero-order valence-corrected chi connectivity index (χ0v) is 23.0. The Hall–Kier alpha value is -3.86. The number of imidazole rings is 2. The summed E-state index contributed by atoms with van der Waals surface area (Å²) >= 11 is 0. The van der Waals surface area contributed by atoms with Crippen molar-refractivity contribution in [3.8, 4) is 11.4 Å². The third-order valence-electron chi connectivity index (χ3n) is 7.13. The van der Waals surface area contributed by atoms with Crippen LogP contribution in [-0.4, -0.2) is 14.1 Å². The molecule has 0 aliphatic heterocycles. The Morgan fingerprint density at radius 3 is 1.46 bits per heavy atom. The molecule has 0 spiro atoms. The number of fused-ring (bicyclic) bond motifs is 3. The fraction of sp³-hybridized carbons (Fsp3) is 0.312. The molecule has 0 aliphatic rings. The Morgan fingerprint density at radius 2 is 1.11 bits per heavy atom. The highest BCUT2D eigenvalue weighted by Gasteiger charge is 2.25. The van der Waals surface area contributed by atoms with Gasteiger partial charge in [0.25, 0.3) is 0 Å². The normalized spacial score (nSPS) is 12.5. The van der Waals surface area contributed by atoms with Gasteiger partial charge in [-0.15, -0.1) is 0 Å². The zero-order valence-electron chi connectivity index (χ0n) is 23.0. The summed E-state index contributed by atoms with van der Waals surface area (Å²) in [6.45, 7) is 23.0. The van der Waals surface area contributed by atoms with Crippen molar-refractivity contribution in [3.05, 3.63) is 98.1 Å². The van der Waals surface area contributed by atoms with Crippen molar-refractivity contribution in [2.45, 2.75) is 65.5 Å². The Bertz CT molecular complexity index is 1510. The molecule has 0 saturated heterocycles. The largest absolute Gasteiger partial charge is 0.348 e. The Balaban J connectivity index is 1.87. The van der Waals surface area contributed by atoms with Gasteiger partial charge in [-0.1, -0.05) is 66.9 Å². The van der Waals surface area contributed by atoms with E-state index in [2.05, 4.69) is 140 Å². The second-order valence-electron chi connectivity index (χ2n) is 12.1. The van der Waals surface area contributed by atoms with Crippen molar-refractivity contribution in [3.63, 3.8) is 0 Å². The Kier molecular flexibility index (Phi) is 5.98. The van der Waals surface area contributed by atoms with Crippen LogP contribution < -0.4 is 9.13 Å². The molecule has 190 valence electrons. The minimum Gasteiger partial charge on any atom is -0.348 e. The number of aromatic nitrogens is 5. The number of rotatable bonds is 6. The molecular weight excluding hydrogens is 454 g/mol. The summed E-state index contributed by atoms with van der Waals surface area (Å²) in [7, 11) is 0. The van der Waals surface area contributed by atoms with E-state index in [0.717, 1.165) is 35.5 Å². The third kappa shape index (κ3) is 4.55. The highest BCUT2D eigenvalue weighted by atomic mass is 15.1. The van der Waals surface area contributed by atoms with E-state index < -0.39 is 0 Å². The number of hydrogen-bond acceptors (Lipinski definition) is 0. The van der Waals surface area contributed by atoms with Crippen LogP contribution in [0, 0.1) is 0 Å². The van der Waals surface area contributed by atoms with Crippen LogP contribution in [0.5, 0.6) is 0 Å². The molecule has 3 heterocycles. The van der Waals surface area contributed by atoms with Gasteiger partial charge in [0, 0.05) is 10.8 Å². The topological polar surface area (TPSA) is 33.4 Å². The van der Waals surface area contributed by atoms with Gasteiger partial charge in [0.05, 0.1) is 11.0 Å². The summed E-state index contributed by atoms with van der Waals surface area (Å²) in [6, 6.07) is 9.41. The van der Waals surface area contributed by atoms with Crippen LogP contribution in [0.3, 0.4) is 0 Å². The van der Waals surface area contributed by atoms with Crippen LogP contribution in [0.4, 0.5) is 0 Å². The smallest absolute Gasteiger partial charge is 0.249 e. The predicted molar refractivity (Wildman–Crippen MR) is 153 cm³/mol. The predicted octanol–water partition coefficient (Wildman–Crippen LogP) is 6.44. The van der Waals surface area contributed by atoms with Gasteiger partial charge in [-0.25, -0.2) is 18.3 Å². The lowest BCUT2D eigenvalue weighted by Crippen LogP contribution is -2.29. The number of aromatic amines is 1. The van der Waals surface area contributed by atoms with Gasteiger partial charge >= 0.3 is 0 Å². The molecule has 5 nitrogen and oxygen atoms in total. The summed E-state index contributed by atoms with van der Waals surface area (Å²) < 4.78 is 8.72. The second-order valence-corrected chi connectivity index (χ2v) is 12.1. The van der Waals surface area contributed by atoms with E-state index in [9.17, 15) is 0 Å². The van der Waals surface area contributed by atoms with Gasteiger partial charge in [0.2, 0.25) is 12.7 Å². The van der Waals surface area contributed by atoms with Gasteiger partial charge in [-0.05, 0) is 46.2 Å². The molecule has 1 N–H and O–H groups in total. The number of nitrogens with zero attached hydrogens (tertiary/aromatic N) is 4. The molecule has 0 bridgehead atoms. The molecule has 37 heavy (non-hydrogen) atoms. The van der Waals surface area contributed by atoms with Gasteiger partial charge < -0.3 is 4.98 Å². The molecule has 0 unspecified atom stereocenters. The van der Waals surface area contributed by atoms with Gasteiger partial charge in [-0.2, -0.15) is 0 Å². The third-order valence-corrected chi connectivity index (χ3v) is 7.13. The van der Waals surface area contributed by atoms with Crippen LogP contribution >= 0.6 is 0 Å². The van der Waals surface area contributed by atoms with Crippen LogP contribution in [-0.2, 0) is 23.9 Å². The molecule has 0 fully saturated rings. The summed E-state index contributed by atoms with van der Waals surface area (Å²) in [6.07, 6.45) is 16.6. The highest BCUT2D eigenvalue weighted by molar-refractivity contribution is 6.12. The molecule has 3 aromatic heterocycles. The first-order chi connectivity index (χ1) is 17.5. The summed E-state index contributed by atoms with van der Waals surface area (Å²) in [5, 5.41) is 2.50. The quantitative estimate of drug-likeness (QED) is 0.208. The minimum absolute atomic E-state index is 0.0118. The van der Waals surface area contributed by atoms with Crippen molar-refractivity contribution in [1.29, 1.82) is 0 Å². The average Bonchev–Trinajstić information content (AvgIpc) is 3.56. The van der Waals surface area contributed by atoms with Crippen molar-refractivity contribution in [2.75, 3.05) is 0 Å². The second kappa shape index (κ2) is 8.91. The van der Waals surface area contributed by atoms with E-state index >= 15 is 0 Å². The summed E-state index contributed by atoms with van der Waals surface area (Å²) in [4.78, 5) is 3.85. The molecule has 0 amide bonds. The number of benzene rings is 2. The van der Waals surface area contributed by atoms with Crippen molar-refractivity contribution in [1.82, 2.24) is 14.1 Å². The number of H-pyrrole nitrogens is 1. The SMILES string of the molecule is C=CC[n+]1ccn(-c2cc(C(C)(C)C)cc3c2[nH]c2c(-n4cc[n+](CC=C)c4)cc(C(C)(C)C)cc23)c1. The highest BCUT2D eigenvalue weighted by Crippen LogP contribution is 2.39. The monoisotopic (exact) mass is 493 g/mol. The van der Waals surface area contributed by atoms with Crippen molar-refractivity contribution < 1.29 is 9.13 Å². The number of nitrogens with one attached hydrogen (secondary N) is 1. The standard InChI is InChI=1S/C32H39N5/c1-9-11-34-13-15-36(21-34)27-19-23(31(3,4)5)17-25-26-18-24(32(6,7)8)20-28(30(26)33-29(25)27)37-16-14-35(22-37)12-10-2/h9-10,13-22,33H,1-2,11-12H2,3-8H3/q+2. The molecule has 5 rings (SSSR count). The maximum absolute atomic E-state index is 3.90. The first kappa shape index (κ1) is 24.8. The first-order valence-corrected chi connectivity index (χ1v) is 13.0. The van der Waals surface area contributed by atoms with Crippen LogP contribution in [0.25, 0.3) is 33.2 Å². The van der Waals surface area contributed by atoms with Gasteiger partial charge in [0.15, 0.2) is 11.4 Å². The summed E-state index contributed by atoms with van der Waals surface area (Å²) in [5.74, 6) is 0. The zero-order chi connectivity index (χ0) is 26.5. The fourth-order valence-electron chi connectivity index (χ4n) is 4.93. The fourth-order valence-corrected chi connectivity index (χ4v) is 4.93. The lowest BCUT2D eigenvalue weighted by atomic mass is 9.84. The Labute approximate surface area is 220 Å². The molecule has 0 aliphatic carbocycles. The van der Waals surface area contributed by atoms with E-state index in [1.54, 1.807) is 0 Å². The van der Waals surface area contributed by atoms with Gasteiger partial charge in [-0.3, -0.25) is 0 Å². The molecule has 0 atom stereocenters. The number of allylic oxidation sites excluding steroid dienone is 2. The minimum atomic E-state index is 0.0118. The molecule has 0 radical (unpaired) electrons. The van der Waals surface area contributed by atoms with E-state index in [0.29, 0.717) is 0 Å².